The highest BCUT2D eigenvalue weighted by Crippen LogP contribution is 2.28. The Bertz CT molecular complexity index is 1080. The van der Waals surface area contributed by atoms with Gasteiger partial charge in [0.15, 0.2) is 0 Å². The van der Waals surface area contributed by atoms with E-state index in [1.54, 1.807) is 30.3 Å². The van der Waals surface area contributed by atoms with Crippen LogP contribution in [0.2, 0.25) is 5.02 Å². The molecule has 28 heavy (non-hydrogen) atoms. The van der Waals surface area contributed by atoms with E-state index in [1.165, 1.54) is 30.3 Å². The lowest BCUT2D eigenvalue weighted by molar-refractivity contribution is -0.384. The summed E-state index contributed by atoms with van der Waals surface area (Å²) in [6.45, 7) is 0. The number of carboxylic acid groups (broad SMARTS) is 1. The smallest absolute Gasteiger partial charge is 0.337 e. The van der Waals surface area contributed by atoms with Crippen molar-refractivity contribution in [3.05, 3.63) is 93.0 Å². The van der Waals surface area contributed by atoms with Crippen molar-refractivity contribution in [2.45, 2.75) is 0 Å². The molecule has 1 amide bonds. The number of aromatic carboxylic acids is 1. The average molecular weight is 397 g/mol. The summed E-state index contributed by atoms with van der Waals surface area (Å²) >= 11 is 6.00. The summed E-state index contributed by atoms with van der Waals surface area (Å²) < 4.78 is 0. The number of benzene rings is 3. The maximum Gasteiger partial charge on any atom is 0.337 e. The predicted molar refractivity (Wildman–Crippen MR) is 105 cm³/mol. The zero-order valence-corrected chi connectivity index (χ0v) is 15.0. The molecule has 0 radical (unpaired) electrons. The minimum Gasteiger partial charge on any atom is -0.478 e. The number of carbonyl (C=O) groups is 2. The number of rotatable bonds is 5. The Balaban J connectivity index is 1.94. The van der Waals surface area contributed by atoms with Gasteiger partial charge in [-0.25, -0.2) is 4.79 Å². The summed E-state index contributed by atoms with van der Waals surface area (Å²) in [6, 6.07) is 16.6. The van der Waals surface area contributed by atoms with Crippen molar-refractivity contribution in [2.24, 2.45) is 0 Å². The fourth-order valence-corrected chi connectivity index (χ4v) is 2.80. The molecule has 3 rings (SSSR count). The van der Waals surface area contributed by atoms with Crippen LogP contribution in [0, 0.1) is 10.1 Å². The first-order valence-corrected chi connectivity index (χ1v) is 8.42. The SMILES string of the molecule is O=C(Nc1cc(-c2cccc(Cl)c2)ccc1C(=O)O)c1ccc([N+](=O)[O-])cc1. The molecule has 0 fully saturated rings. The number of carbonyl (C=O) groups excluding carboxylic acids is 1. The van der Waals surface area contributed by atoms with Gasteiger partial charge in [-0.2, -0.15) is 0 Å². The number of anilines is 1. The molecule has 0 saturated carbocycles. The number of nitrogens with one attached hydrogen (secondary N) is 1. The number of nitro groups is 1. The lowest BCUT2D eigenvalue weighted by atomic mass is 10.0. The summed E-state index contributed by atoms with van der Waals surface area (Å²) in [7, 11) is 0. The number of amides is 1. The largest absolute Gasteiger partial charge is 0.478 e. The molecule has 0 bridgehead atoms. The zero-order valence-electron chi connectivity index (χ0n) is 14.3. The number of halogens is 1. The molecule has 0 aliphatic carbocycles. The normalized spacial score (nSPS) is 10.3. The summed E-state index contributed by atoms with van der Waals surface area (Å²) in [5, 5.41) is 23.2. The molecule has 7 nitrogen and oxygen atoms in total. The molecule has 3 aromatic carbocycles. The Kier molecular flexibility index (Phi) is 5.37. The fourth-order valence-electron chi connectivity index (χ4n) is 2.61. The third kappa shape index (κ3) is 4.16. The van der Waals surface area contributed by atoms with Crippen molar-refractivity contribution in [2.75, 3.05) is 5.32 Å². The second kappa shape index (κ2) is 7.89. The van der Waals surface area contributed by atoms with Gasteiger partial charge in [-0.3, -0.25) is 14.9 Å². The Morgan fingerprint density at radius 1 is 0.964 bits per heavy atom. The van der Waals surface area contributed by atoms with Crippen molar-refractivity contribution in [1.29, 1.82) is 0 Å². The number of carboxylic acids is 1. The van der Waals surface area contributed by atoms with Crippen molar-refractivity contribution in [3.63, 3.8) is 0 Å². The molecule has 2 N–H and O–H groups in total. The van der Waals surface area contributed by atoms with Gasteiger partial charge in [0.2, 0.25) is 0 Å². The molecule has 0 heterocycles. The number of nitrogens with zero attached hydrogens (tertiary/aromatic N) is 1. The van der Waals surface area contributed by atoms with E-state index in [1.807, 2.05) is 6.07 Å². The molecular weight excluding hydrogens is 384 g/mol. The number of non-ortho nitro benzene ring substituents is 1. The van der Waals surface area contributed by atoms with E-state index in [-0.39, 0.29) is 22.5 Å². The average Bonchev–Trinajstić information content (AvgIpc) is 2.67. The number of nitro benzene ring substituents is 1. The summed E-state index contributed by atoms with van der Waals surface area (Å²) in [4.78, 5) is 34.1. The Morgan fingerprint density at radius 2 is 1.64 bits per heavy atom. The zero-order chi connectivity index (χ0) is 20.3. The van der Waals surface area contributed by atoms with Gasteiger partial charge in [0.05, 0.1) is 16.2 Å². The second-order valence-electron chi connectivity index (χ2n) is 5.83. The Morgan fingerprint density at radius 3 is 2.25 bits per heavy atom. The first kappa shape index (κ1) is 19.1. The minimum atomic E-state index is -1.20. The van der Waals surface area contributed by atoms with E-state index >= 15 is 0 Å². The molecule has 0 aromatic heterocycles. The van der Waals surface area contributed by atoms with E-state index in [0.717, 1.165) is 5.56 Å². The van der Waals surface area contributed by atoms with Gasteiger partial charge in [0.1, 0.15) is 0 Å². The van der Waals surface area contributed by atoms with Crippen LogP contribution < -0.4 is 5.32 Å². The summed E-state index contributed by atoms with van der Waals surface area (Å²) in [6.07, 6.45) is 0. The lowest BCUT2D eigenvalue weighted by Crippen LogP contribution is -2.15. The van der Waals surface area contributed by atoms with E-state index in [2.05, 4.69) is 5.32 Å². The van der Waals surface area contributed by atoms with Crippen molar-refractivity contribution in [3.8, 4) is 11.1 Å². The minimum absolute atomic E-state index is 0.0824. The maximum atomic E-state index is 12.5. The molecule has 3 aromatic rings. The third-order valence-corrected chi connectivity index (χ3v) is 4.23. The fraction of sp³-hybridized carbons (Fsp3) is 0. The summed E-state index contributed by atoms with van der Waals surface area (Å²) in [5.41, 5.74) is 1.47. The van der Waals surface area contributed by atoms with Crippen LogP contribution >= 0.6 is 11.6 Å². The highest BCUT2D eigenvalue weighted by atomic mass is 35.5. The number of hydrogen-bond acceptors (Lipinski definition) is 4. The Hall–Kier alpha value is -3.71. The standard InChI is InChI=1S/C20H13ClN2O5/c21-15-3-1-2-13(10-15)14-6-9-17(20(25)26)18(11-14)22-19(24)12-4-7-16(8-5-12)23(27)28/h1-11H,(H,22,24)(H,25,26). The number of hydrogen-bond donors (Lipinski definition) is 2. The third-order valence-electron chi connectivity index (χ3n) is 4.00. The quantitative estimate of drug-likeness (QED) is 0.472. The van der Waals surface area contributed by atoms with E-state index in [4.69, 9.17) is 11.6 Å². The molecule has 8 heteroatoms. The van der Waals surface area contributed by atoms with Gasteiger partial charge < -0.3 is 10.4 Å². The van der Waals surface area contributed by atoms with Crippen LogP contribution in [0.3, 0.4) is 0 Å². The van der Waals surface area contributed by atoms with E-state index in [9.17, 15) is 24.8 Å². The van der Waals surface area contributed by atoms with Gasteiger partial charge >= 0.3 is 5.97 Å². The van der Waals surface area contributed by atoms with E-state index in [0.29, 0.717) is 10.6 Å². The molecule has 0 saturated heterocycles. The van der Waals surface area contributed by atoms with Gasteiger partial charge in [0.25, 0.3) is 11.6 Å². The molecule has 0 aliphatic heterocycles. The molecule has 0 aliphatic rings. The Labute approximate surface area is 164 Å². The first-order chi connectivity index (χ1) is 13.3. The van der Waals surface area contributed by atoms with Gasteiger partial charge in [-0.05, 0) is 47.5 Å². The molecule has 0 spiro atoms. The predicted octanol–water partition coefficient (Wildman–Crippen LogP) is 4.87. The molecule has 0 unspecified atom stereocenters. The lowest BCUT2D eigenvalue weighted by Gasteiger charge is -2.11. The van der Waals surface area contributed by atoms with Crippen molar-refractivity contribution < 1.29 is 19.6 Å². The van der Waals surface area contributed by atoms with E-state index < -0.39 is 16.8 Å². The van der Waals surface area contributed by atoms with Crippen LogP contribution in [0.4, 0.5) is 11.4 Å². The first-order valence-electron chi connectivity index (χ1n) is 8.04. The van der Waals surface area contributed by atoms with Crippen LogP contribution in [0.1, 0.15) is 20.7 Å². The van der Waals surface area contributed by atoms with Crippen LogP contribution in [0.15, 0.2) is 66.7 Å². The highest BCUT2D eigenvalue weighted by Gasteiger charge is 2.16. The second-order valence-corrected chi connectivity index (χ2v) is 6.27. The maximum absolute atomic E-state index is 12.5. The van der Waals surface area contributed by atoms with Crippen LogP contribution in [0.5, 0.6) is 0 Å². The van der Waals surface area contributed by atoms with Gasteiger partial charge in [-0.1, -0.05) is 29.8 Å². The van der Waals surface area contributed by atoms with Gasteiger partial charge in [0, 0.05) is 22.7 Å². The van der Waals surface area contributed by atoms with Crippen LogP contribution in [0.25, 0.3) is 11.1 Å². The summed E-state index contributed by atoms with van der Waals surface area (Å²) in [5.74, 6) is -1.78. The molecule has 140 valence electrons. The monoisotopic (exact) mass is 396 g/mol. The van der Waals surface area contributed by atoms with Crippen LogP contribution in [-0.2, 0) is 0 Å². The molecular formula is C20H13ClN2O5. The highest BCUT2D eigenvalue weighted by molar-refractivity contribution is 6.30. The molecule has 0 atom stereocenters. The topological polar surface area (TPSA) is 110 Å². The van der Waals surface area contributed by atoms with Crippen LogP contribution in [-0.4, -0.2) is 21.9 Å². The van der Waals surface area contributed by atoms with Gasteiger partial charge in [-0.15, -0.1) is 0 Å². The van der Waals surface area contributed by atoms with Crippen molar-refractivity contribution >= 4 is 34.9 Å². The van der Waals surface area contributed by atoms with Crippen molar-refractivity contribution in [1.82, 2.24) is 0 Å².